The summed E-state index contributed by atoms with van der Waals surface area (Å²) in [6.07, 6.45) is 0.0748. The van der Waals surface area contributed by atoms with Gasteiger partial charge in [-0.05, 0) is 55.3 Å². The van der Waals surface area contributed by atoms with Crippen LogP contribution < -0.4 is 20.5 Å². The minimum absolute atomic E-state index is 0.201. The molecule has 0 aliphatic rings. The molecular weight excluding hydrogens is 320 g/mol. The van der Waals surface area contributed by atoms with Crippen molar-refractivity contribution in [3.05, 3.63) is 59.7 Å². The highest BCUT2D eigenvalue weighted by molar-refractivity contribution is 5.92. The lowest BCUT2D eigenvalue weighted by Crippen LogP contribution is -2.37. The predicted octanol–water partition coefficient (Wildman–Crippen LogP) is 1.92. The van der Waals surface area contributed by atoms with E-state index in [1.165, 1.54) is 0 Å². The Hall–Kier alpha value is -3.02. The van der Waals surface area contributed by atoms with Crippen LogP contribution in [0.15, 0.2) is 48.5 Å². The van der Waals surface area contributed by atoms with Crippen LogP contribution in [0.5, 0.6) is 11.5 Å². The highest BCUT2D eigenvalue weighted by Crippen LogP contribution is 2.14. The first-order valence-electron chi connectivity index (χ1n) is 7.96. The van der Waals surface area contributed by atoms with Crippen molar-refractivity contribution in [2.24, 2.45) is 5.73 Å². The minimum atomic E-state index is -0.643. The van der Waals surface area contributed by atoms with Crippen LogP contribution in [0.25, 0.3) is 0 Å². The highest BCUT2D eigenvalue weighted by atomic mass is 16.5. The van der Waals surface area contributed by atoms with Gasteiger partial charge in [-0.25, -0.2) is 0 Å². The number of carbonyl (C=O) groups is 2. The largest absolute Gasteiger partial charge is 0.497 e. The average Bonchev–Trinajstić information content (AvgIpc) is 2.62. The molecule has 2 rings (SSSR count). The lowest BCUT2D eigenvalue weighted by Gasteiger charge is -2.15. The topological polar surface area (TPSA) is 90.7 Å². The number of amides is 2. The first kappa shape index (κ1) is 18.3. The molecule has 0 radical (unpaired) electrons. The molecule has 132 valence electrons. The molecule has 0 fully saturated rings. The molecule has 6 heteroatoms. The van der Waals surface area contributed by atoms with Crippen LogP contribution in [-0.2, 0) is 11.2 Å². The smallest absolute Gasteiger partial charge is 0.260 e. The SMILES string of the molecule is COc1ccc(CCNC(=O)C(C)Oc2ccc(C(N)=O)cc2)cc1. The second kappa shape index (κ2) is 8.73. The monoisotopic (exact) mass is 342 g/mol. The molecule has 0 saturated heterocycles. The molecule has 2 aromatic carbocycles. The van der Waals surface area contributed by atoms with Crippen molar-refractivity contribution in [2.75, 3.05) is 13.7 Å². The van der Waals surface area contributed by atoms with Crippen molar-refractivity contribution in [1.82, 2.24) is 5.32 Å². The molecule has 2 aromatic rings. The van der Waals surface area contributed by atoms with E-state index in [1.807, 2.05) is 24.3 Å². The van der Waals surface area contributed by atoms with Crippen molar-refractivity contribution in [3.8, 4) is 11.5 Å². The number of primary amides is 1. The van der Waals surface area contributed by atoms with Gasteiger partial charge in [0.2, 0.25) is 5.91 Å². The van der Waals surface area contributed by atoms with Crippen LogP contribution in [0.3, 0.4) is 0 Å². The normalized spacial score (nSPS) is 11.4. The second-order valence-corrected chi connectivity index (χ2v) is 5.54. The summed E-state index contributed by atoms with van der Waals surface area (Å²) in [7, 11) is 1.62. The van der Waals surface area contributed by atoms with E-state index in [0.29, 0.717) is 17.9 Å². The molecule has 2 amide bonds. The molecule has 1 atom stereocenters. The minimum Gasteiger partial charge on any atom is -0.497 e. The maximum absolute atomic E-state index is 12.1. The third kappa shape index (κ3) is 5.53. The summed E-state index contributed by atoms with van der Waals surface area (Å²) in [6.45, 7) is 2.18. The molecule has 1 unspecified atom stereocenters. The van der Waals surface area contributed by atoms with Gasteiger partial charge in [0, 0.05) is 12.1 Å². The Labute approximate surface area is 146 Å². The fraction of sp³-hybridized carbons (Fsp3) is 0.263. The Morgan fingerprint density at radius 2 is 1.64 bits per heavy atom. The van der Waals surface area contributed by atoms with Gasteiger partial charge in [-0.1, -0.05) is 12.1 Å². The zero-order valence-electron chi connectivity index (χ0n) is 14.3. The first-order chi connectivity index (χ1) is 12.0. The van der Waals surface area contributed by atoms with Crippen molar-refractivity contribution in [3.63, 3.8) is 0 Å². The third-order valence-corrected chi connectivity index (χ3v) is 3.69. The summed E-state index contributed by atoms with van der Waals surface area (Å²) in [6, 6.07) is 14.0. The molecule has 0 heterocycles. The summed E-state index contributed by atoms with van der Waals surface area (Å²) >= 11 is 0. The molecule has 3 N–H and O–H groups in total. The fourth-order valence-corrected chi connectivity index (χ4v) is 2.22. The van der Waals surface area contributed by atoms with Gasteiger partial charge in [0.15, 0.2) is 6.10 Å². The van der Waals surface area contributed by atoms with E-state index in [0.717, 1.165) is 17.7 Å². The van der Waals surface area contributed by atoms with E-state index in [4.69, 9.17) is 15.2 Å². The Balaban J connectivity index is 1.78. The van der Waals surface area contributed by atoms with Gasteiger partial charge in [-0.3, -0.25) is 9.59 Å². The number of rotatable bonds is 8. The van der Waals surface area contributed by atoms with Crippen LogP contribution in [0.2, 0.25) is 0 Å². The predicted molar refractivity (Wildman–Crippen MR) is 94.8 cm³/mol. The number of methoxy groups -OCH3 is 1. The van der Waals surface area contributed by atoms with Crippen molar-refractivity contribution < 1.29 is 19.1 Å². The van der Waals surface area contributed by atoms with E-state index >= 15 is 0 Å². The number of ether oxygens (including phenoxy) is 2. The summed E-state index contributed by atoms with van der Waals surface area (Å²) in [5.74, 6) is 0.600. The number of hydrogen-bond donors (Lipinski definition) is 2. The van der Waals surface area contributed by atoms with Gasteiger partial charge >= 0.3 is 0 Å². The third-order valence-electron chi connectivity index (χ3n) is 3.69. The van der Waals surface area contributed by atoms with Gasteiger partial charge < -0.3 is 20.5 Å². The van der Waals surface area contributed by atoms with Crippen molar-refractivity contribution in [1.29, 1.82) is 0 Å². The van der Waals surface area contributed by atoms with Gasteiger partial charge in [-0.2, -0.15) is 0 Å². The molecule has 0 aliphatic carbocycles. The van der Waals surface area contributed by atoms with Crippen molar-refractivity contribution >= 4 is 11.8 Å². The Morgan fingerprint density at radius 1 is 1.04 bits per heavy atom. The number of carbonyl (C=O) groups excluding carboxylic acids is 2. The second-order valence-electron chi connectivity index (χ2n) is 5.54. The Kier molecular flexibility index (Phi) is 6.39. The number of benzene rings is 2. The Bertz CT molecular complexity index is 711. The molecule has 25 heavy (non-hydrogen) atoms. The maximum atomic E-state index is 12.1. The van der Waals surface area contributed by atoms with Crippen LogP contribution in [-0.4, -0.2) is 31.6 Å². The van der Waals surface area contributed by atoms with Crippen LogP contribution in [0.4, 0.5) is 0 Å². The molecule has 0 bridgehead atoms. The number of nitrogens with two attached hydrogens (primary N) is 1. The van der Waals surface area contributed by atoms with Gasteiger partial charge in [-0.15, -0.1) is 0 Å². The first-order valence-corrected chi connectivity index (χ1v) is 7.96. The maximum Gasteiger partial charge on any atom is 0.260 e. The summed E-state index contributed by atoms with van der Waals surface area (Å²) in [5, 5.41) is 2.84. The standard InChI is InChI=1S/C19H22N2O4/c1-13(25-17-9-5-15(6-10-17)18(20)22)19(23)21-12-11-14-3-7-16(24-2)8-4-14/h3-10,13H,11-12H2,1-2H3,(H2,20,22)(H,21,23). The van der Waals surface area contributed by atoms with E-state index in [-0.39, 0.29) is 5.91 Å². The fourth-order valence-electron chi connectivity index (χ4n) is 2.22. The Morgan fingerprint density at radius 3 is 2.20 bits per heavy atom. The van der Waals surface area contributed by atoms with E-state index in [9.17, 15) is 9.59 Å². The van der Waals surface area contributed by atoms with Crippen LogP contribution >= 0.6 is 0 Å². The summed E-state index contributed by atoms with van der Waals surface area (Å²) in [4.78, 5) is 23.1. The van der Waals surface area contributed by atoms with Gasteiger partial charge in [0.1, 0.15) is 11.5 Å². The van der Waals surface area contributed by atoms with Gasteiger partial charge in [0.05, 0.1) is 7.11 Å². The summed E-state index contributed by atoms with van der Waals surface area (Å²) in [5.41, 5.74) is 6.68. The lowest BCUT2D eigenvalue weighted by atomic mass is 10.1. The lowest BCUT2D eigenvalue weighted by molar-refractivity contribution is -0.127. The summed E-state index contributed by atoms with van der Waals surface area (Å²) < 4.78 is 10.7. The molecule has 0 aromatic heterocycles. The van der Waals surface area contributed by atoms with E-state index in [1.54, 1.807) is 38.3 Å². The molecule has 0 saturated carbocycles. The van der Waals surface area contributed by atoms with E-state index in [2.05, 4.69) is 5.32 Å². The molecular formula is C19H22N2O4. The number of nitrogens with one attached hydrogen (secondary N) is 1. The molecule has 0 aliphatic heterocycles. The molecule has 0 spiro atoms. The van der Waals surface area contributed by atoms with Crippen LogP contribution in [0, 0.1) is 0 Å². The molecule has 6 nitrogen and oxygen atoms in total. The van der Waals surface area contributed by atoms with Crippen LogP contribution in [0.1, 0.15) is 22.8 Å². The van der Waals surface area contributed by atoms with E-state index < -0.39 is 12.0 Å². The zero-order chi connectivity index (χ0) is 18.2. The highest BCUT2D eigenvalue weighted by Gasteiger charge is 2.14. The van der Waals surface area contributed by atoms with Gasteiger partial charge in [0.25, 0.3) is 5.91 Å². The number of hydrogen-bond acceptors (Lipinski definition) is 4. The quantitative estimate of drug-likeness (QED) is 0.767. The van der Waals surface area contributed by atoms with Crippen molar-refractivity contribution in [2.45, 2.75) is 19.4 Å². The zero-order valence-corrected chi connectivity index (χ0v) is 14.3. The average molecular weight is 342 g/mol.